The van der Waals surface area contributed by atoms with E-state index >= 15 is 0 Å². The zero-order valence-electron chi connectivity index (χ0n) is 13.7. The van der Waals surface area contributed by atoms with Gasteiger partial charge in [-0.25, -0.2) is 4.98 Å². The first kappa shape index (κ1) is 18.4. The van der Waals surface area contributed by atoms with Crippen molar-refractivity contribution in [3.8, 4) is 11.5 Å². The van der Waals surface area contributed by atoms with Gasteiger partial charge in [-0.05, 0) is 37.3 Å². The van der Waals surface area contributed by atoms with Crippen LogP contribution in [-0.4, -0.2) is 30.9 Å². The third-order valence-electron chi connectivity index (χ3n) is 3.35. The number of nitrogens with zero attached hydrogens (tertiary/aromatic N) is 1. The molecule has 5 nitrogen and oxygen atoms in total. The summed E-state index contributed by atoms with van der Waals surface area (Å²) in [7, 11) is 3.20. The first-order chi connectivity index (χ1) is 11.5. The number of aromatic nitrogens is 1. The maximum atomic E-state index is 12.2. The van der Waals surface area contributed by atoms with Crippen molar-refractivity contribution in [1.29, 1.82) is 0 Å². The van der Waals surface area contributed by atoms with Crippen molar-refractivity contribution in [2.45, 2.75) is 18.0 Å². The summed E-state index contributed by atoms with van der Waals surface area (Å²) in [5, 5.41) is 4.13. The van der Waals surface area contributed by atoms with Crippen molar-refractivity contribution in [3.63, 3.8) is 0 Å². The smallest absolute Gasteiger partial charge is 0.230 e. The molecule has 7 heteroatoms. The highest BCUT2D eigenvalue weighted by atomic mass is 35.5. The Morgan fingerprint density at radius 3 is 2.79 bits per heavy atom. The highest BCUT2D eigenvalue weighted by molar-refractivity contribution is 8.00. The molecule has 1 aromatic carbocycles. The fraction of sp³-hybridized carbons (Fsp3) is 0.294. The summed E-state index contributed by atoms with van der Waals surface area (Å²) in [4.78, 5) is 16.3. The zero-order chi connectivity index (χ0) is 17.5. The van der Waals surface area contributed by atoms with Crippen LogP contribution in [-0.2, 0) is 4.79 Å². The van der Waals surface area contributed by atoms with Crippen LogP contribution < -0.4 is 14.8 Å². The molecule has 128 valence electrons. The van der Waals surface area contributed by atoms with Crippen LogP contribution >= 0.6 is 23.4 Å². The highest BCUT2D eigenvalue weighted by Crippen LogP contribution is 2.29. The molecule has 1 heterocycles. The molecule has 1 N–H and O–H groups in total. The number of ether oxygens (including phenoxy) is 2. The second-order valence-corrected chi connectivity index (χ2v) is 6.35. The first-order valence-corrected chi connectivity index (χ1v) is 8.66. The van der Waals surface area contributed by atoms with Crippen LogP contribution in [0.25, 0.3) is 0 Å². The molecule has 1 atom stereocenters. The zero-order valence-corrected chi connectivity index (χ0v) is 15.3. The Kier molecular flexibility index (Phi) is 6.75. The number of hydrogen-bond donors (Lipinski definition) is 1. The molecule has 0 aliphatic carbocycles. The molecule has 0 saturated carbocycles. The van der Waals surface area contributed by atoms with Crippen molar-refractivity contribution in [2.75, 3.05) is 20.0 Å². The predicted octanol–water partition coefficient (Wildman–Crippen LogP) is 3.72. The molecular formula is C17H19ClN2O3S. The number of nitrogens with one attached hydrogen (secondary N) is 1. The van der Waals surface area contributed by atoms with Gasteiger partial charge in [0, 0.05) is 11.8 Å². The topological polar surface area (TPSA) is 60.5 Å². The normalized spacial score (nSPS) is 11.7. The van der Waals surface area contributed by atoms with Crippen LogP contribution in [0.5, 0.6) is 11.5 Å². The van der Waals surface area contributed by atoms with Crippen LogP contribution in [0.15, 0.2) is 41.6 Å². The van der Waals surface area contributed by atoms with E-state index < -0.39 is 0 Å². The lowest BCUT2D eigenvalue weighted by Crippen LogP contribution is -2.28. The molecule has 0 spiro atoms. The van der Waals surface area contributed by atoms with Crippen LogP contribution in [0.2, 0.25) is 5.02 Å². The molecule has 1 aromatic heterocycles. The summed E-state index contributed by atoms with van der Waals surface area (Å²) in [6.07, 6.45) is 1.65. The number of amides is 1. The van der Waals surface area contributed by atoms with Gasteiger partial charge in [0.1, 0.15) is 16.5 Å². The van der Waals surface area contributed by atoms with Gasteiger partial charge in [-0.15, -0.1) is 0 Å². The Balaban J connectivity index is 2.00. The monoisotopic (exact) mass is 366 g/mol. The minimum absolute atomic E-state index is 0.112. The molecular weight excluding hydrogens is 348 g/mol. The Morgan fingerprint density at radius 1 is 1.33 bits per heavy atom. The Hall–Kier alpha value is -1.92. The van der Waals surface area contributed by atoms with E-state index in [2.05, 4.69) is 10.3 Å². The first-order valence-electron chi connectivity index (χ1n) is 7.29. The van der Waals surface area contributed by atoms with Crippen LogP contribution in [0, 0.1) is 0 Å². The number of benzene rings is 1. The average molecular weight is 367 g/mol. The van der Waals surface area contributed by atoms with E-state index in [-0.39, 0.29) is 17.7 Å². The Bertz CT molecular complexity index is 712. The van der Waals surface area contributed by atoms with Crippen molar-refractivity contribution in [1.82, 2.24) is 10.3 Å². The molecule has 0 aliphatic rings. The average Bonchev–Trinajstić information content (AvgIpc) is 2.60. The number of pyridine rings is 1. The number of hydrogen-bond acceptors (Lipinski definition) is 5. The lowest BCUT2D eigenvalue weighted by molar-refractivity contribution is -0.119. The summed E-state index contributed by atoms with van der Waals surface area (Å²) in [5.74, 6) is 1.53. The highest BCUT2D eigenvalue weighted by Gasteiger charge is 2.16. The van der Waals surface area contributed by atoms with E-state index in [1.54, 1.807) is 32.5 Å². The van der Waals surface area contributed by atoms with Crippen molar-refractivity contribution in [2.24, 2.45) is 0 Å². The van der Waals surface area contributed by atoms with Gasteiger partial charge < -0.3 is 14.8 Å². The fourth-order valence-electron chi connectivity index (χ4n) is 2.15. The SMILES string of the molecule is COc1ccc(OC)c(C(C)NC(=O)CSc2ncccc2Cl)c1. The van der Waals surface area contributed by atoms with Crippen LogP contribution in [0.3, 0.4) is 0 Å². The molecule has 1 amide bonds. The maximum Gasteiger partial charge on any atom is 0.230 e. The third kappa shape index (κ3) is 4.79. The molecule has 0 radical (unpaired) electrons. The molecule has 0 bridgehead atoms. The minimum Gasteiger partial charge on any atom is -0.497 e. The number of methoxy groups -OCH3 is 2. The van der Waals surface area contributed by atoms with Gasteiger partial charge >= 0.3 is 0 Å². The lowest BCUT2D eigenvalue weighted by Gasteiger charge is -2.18. The summed E-state index contributed by atoms with van der Waals surface area (Å²) in [6.45, 7) is 1.90. The summed E-state index contributed by atoms with van der Waals surface area (Å²) in [5.41, 5.74) is 0.853. The van der Waals surface area contributed by atoms with Gasteiger partial charge in [0.05, 0.1) is 31.0 Å². The summed E-state index contributed by atoms with van der Waals surface area (Å²) < 4.78 is 10.6. The van der Waals surface area contributed by atoms with Crippen molar-refractivity contribution < 1.29 is 14.3 Å². The van der Waals surface area contributed by atoms with Gasteiger partial charge in [-0.2, -0.15) is 0 Å². The van der Waals surface area contributed by atoms with Gasteiger partial charge in [0.2, 0.25) is 5.91 Å². The number of carbonyl (C=O) groups is 1. The number of halogens is 1. The second-order valence-electron chi connectivity index (χ2n) is 4.98. The Morgan fingerprint density at radius 2 is 2.12 bits per heavy atom. The number of rotatable bonds is 7. The van der Waals surface area contributed by atoms with E-state index in [9.17, 15) is 4.79 Å². The van der Waals surface area contributed by atoms with Gasteiger partial charge in [0.15, 0.2) is 0 Å². The Labute approximate surface area is 150 Å². The molecule has 0 saturated heterocycles. The van der Waals surface area contributed by atoms with E-state index in [1.165, 1.54) is 11.8 Å². The molecule has 1 unspecified atom stereocenters. The minimum atomic E-state index is -0.220. The van der Waals surface area contributed by atoms with Gasteiger partial charge in [0.25, 0.3) is 0 Å². The maximum absolute atomic E-state index is 12.2. The van der Waals surface area contributed by atoms with Crippen molar-refractivity contribution in [3.05, 3.63) is 47.1 Å². The summed E-state index contributed by atoms with van der Waals surface area (Å²) >= 11 is 7.34. The molecule has 0 aliphatic heterocycles. The second kappa shape index (κ2) is 8.80. The van der Waals surface area contributed by atoms with Crippen molar-refractivity contribution >= 4 is 29.3 Å². The van der Waals surface area contributed by atoms with Crippen LogP contribution in [0.4, 0.5) is 0 Å². The van der Waals surface area contributed by atoms with Gasteiger partial charge in [-0.1, -0.05) is 23.4 Å². The molecule has 2 aromatic rings. The third-order valence-corrected chi connectivity index (χ3v) is 4.77. The van der Waals surface area contributed by atoms with Crippen LogP contribution in [0.1, 0.15) is 18.5 Å². The van der Waals surface area contributed by atoms with E-state index in [4.69, 9.17) is 21.1 Å². The molecule has 24 heavy (non-hydrogen) atoms. The quantitative estimate of drug-likeness (QED) is 0.757. The predicted molar refractivity (Wildman–Crippen MR) is 96.1 cm³/mol. The van der Waals surface area contributed by atoms with Gasteiger partial charge in [-0.3, -0.25) is 4.79 Å². The molecule has 2 rings (SSSR count). The largest absolute Gasteiger partial charge is 0.497 e. The fourth-order valence-corrected chi connectivity index (χ4v) is 3.13. The van der Waals surface area contributed by atoms with E-state index in [1.807, 2.05) is 25.1 Å². The number of thioether (sulfide) groups is 1. The van der Waals surface area contributed by atoms with E-state index in [0.717, 1.165) is 5.56 Å². The van der Waals surface area contributed by atoms with E-state index in [0.29, 0.717) is 21.5 Å². The molecule has 0 fully saturated rings. The standard InChI is InChI=1S/C17H19ClN2O3S/c1-11(13-9-12(22-2)6-7-15(13)23-3)20-16(21)10-24-17-14(18)5-4-8-19-17/h4-9,11H,10H2,1-3H3,(H,20,21). The number of carbonyl (C=O) groups excluding carboxylic acids is 1. The summed E-state index contributed by atoms with van der Waals surface area (Å²) in [6, 6.07) is 8.77. The lowest BCUT2D eigenvalue weighted by atomic mass is 10.1.